The highest BCUT2D eigenvalue weighted by Gasteiger charge is 2.06. The van der Waals surface area contributed by atoms with Crippen molar-refractivity contribution in [1.82, 2.24) is 0 Å². The highest BCUT2D eigenvalue weighted by atomic mass is 32.1. The summed E-state index contributed by atoms with van der Waals surface area (Å²) in [5.74, 6) is 0.636. The van der Waals surface area contributed by atoms with Gasteiger partial charge in [0.1, 0.15) is 0 Å². The third-order valence-corrected chi connectivity index (χ3v) is 3.75. The van der Waals surface area contributed by atoms with Gasteiger partial charge in [0.2, 0.25) is 0 Å². The normalized spacial score (nSPS) is 12.8. The molecule has 0 aliphatic rings. The second-order valence-electron chi connectivity index (χ2n) is 4.14. The van der Waals surface area contributed by atoms with Gasteiger partial charge >= 0.3 is 0 Å². The van der Waals surface area contributed by atoms with Crippen LogP contribution in [0.2, 0.25) is 0 Å². The zero-order valence-corrected chi connectivity index (χ0v) is 11.3. The van der Waals surface area contributed by atoms with Crippen LogP contribution in [0.25, 0.3) is 0 Å². The van der Waals surface area contributed by atoms with Gasteiger partial charge in [0.05, 0.1) is 0 Å². The Morgan fingerprint density at radius 2 is 1.87 bits per heavy atom. The predicted molar refractivity (Wildman–Crippen MR) is 73.5 cm³/mol. The molecule has 1 aromatic carbocycles. The largest absolute Gasteiger partial charge is 0.142 e. The van der Waals surface area contributed by atoms with Gasteiger partial charge in [0, 0.05) is 9.79 Å². The highest BCUT2D eigenvalue weighted by Crippen LogP contribution is 2.27. The van der Waals surface area contributed by atoms with Gasteiger partial charge in [-0.3, -0.25) is 0 Å². The van der Waals surface area contributed by atoms with Gasteiger partial charge in [0.15, 0.2) is 0 Å². The summed E-state index contributed by atoms with van der Waals surface area (Å²) in [5.41, 5.74) is 1.38. The average Bonchev–Trinajstić information content (AvgIpc) is 2.22. The monoisotopic (exact) mass is 240 g/mol. The molecule has 15 heavy (non-hydrogen) atoms. The smallest absolute Gasteiger partial charge is 0.0177 e. The molecule has 0 aliphatic heterocycles. The number of benzene rings is 1. The van der Waals surface area contributed by atoms with E-state index < -0.39 is 0 Å². The minimum atomic E-state index is 0.636. The second-order valence-corrected chi connectivity index (χ2v) is 5.11. The third kappa shape index (κ3) is 4.12. The van der Waals surface area contributed by atoms with Crippen molar-refractivity contribution >= 4 is 25.3 Å². The molecule has 1 aromatic rings. The molecule has 2 heteroatoms. The van der Waals surface area contributed by atoms with Crippen LogP contribution in [0.15, 0.2) is 28.0 Å². The molecule has 1 atom stereocenters. The Morgan fingerprint density at radius 1 is 1.13 bits per heavy atom. The molecule has 0 bridgehead atoms. The first-order chi connectivity index (χ1) is 7.15. The maximum Gasteiger partial charge on any atom is 0.0177 e. The molecule has 0 radical (unpaired) electrons. The quantitative estimate of drug-likeness (QED) is 0.528. The van der Waals surface area contributed by atoms with E-state index in [2.05, 4.69) is 51.2 Å². The van der Waals surface area contributed by atoms with Gasteiger partial charge in [-0.05, 0) is 30.0 Å². The van der Waals surface area contributed by atoms with Gasteiger partial charge in [0.25, 0.3) is 0 Å². The zero-order chi connectivity index (χ0) is 11.3. The summed E-state index contributed by atoms with van der Waals surface area (Å²) in [6.45, 7) is 4.53. The predicted octanol–water partition coefficient (Wildman–Crippen LogP) is 4.95. The Kier molecular flexibility index (Phi) is 5.62. The van der Waals surface area contributed by atoms with Crippen molar-refractivity contribution < 1.29 is 0 Å². The number of thiol groups is 2. The van der Waals surface area contributed by atoms with Crippen LogP contribution < -0.4 is 0 Å². The number of hydrogen-bond acceptors (Lipinski definition) is 2. The molecule has 1 unspecified atom stereocenters. The third-order valence-electron chi connectivity index (χ3n) is 2.81. The fourth-order valence-corrected chi connectivity index (χ4v) is 2.08. The summed E-state index contributed by atoms with van der Waals surface area (Å²) in [5, 5.41) is 0. The van der Waals surface area contributed by atoms with Gasteiger partial charge in [-0.25, -0.2) is 0 Å². The van der Waals surface area contributed by atoms with Crippen molar-refractivity contribution in [2.75, 3.05) is 0 Å². The van der Waals surface area contributed by atoms with Crippen molar-refractivity contribution in [2.45, 2.75) is 55.2 Å². The Labute approximate surface area is 104 Å². The van der Waals surface area contributed by atoms with E-state index in [9.17, 15) is 0 Å². The second kappa shape index (κ2) is 6.49. The van der Waals surface area contributed by atoms with Gasteiger partial charge in [-0.1, -0.05) is 39.2 Å². The lowest BCUT2D eigenvalue weighted by Crippen LogP contribution is -1.94. The van der Waals surface area contributed by atoms with Gasteiger partial charge < -0.3 is 0 Å². The minimum absolute atomic E-state index is 0.636. The van der Waals surface area contributed by atoms with E-state index in [4.69, 9.17) is 0 Å². The fraction of sp³-hybridized carbons (Fsp3) is 0.538. The molecule has 0 saturated heterocycles. The van der Waals surface area contributed by atoms with Crippen LogP contribution in [0.4, 0.5) is 0 Å². The number of hydrogen-bond donors (Lipinski definition) is 2. The Bertz CT molecular complexity index is 307. The molecular weight excluding hydrogens is 220 g/mol. The van der Waals surface area contributed by atoms with Crippen molar-refractivity contribution in [2.24, 2.45) is 0 Å². The molecular formula is C13H20S2. The topological polar surface area (TPSA) is 0 Å². The van der Waals surface area contributed by atoms with E-state index in [1.54, 1.807) is 0 Å². The molecule has 0 saturated carbocycles. The summed E-state index contributed by atoms with van der Waals surface area (Å²) in [6, 6.07) is 6.35. The van der Waals surface area contributed by atoms with Crippen LogP contribution in [0.5, 0.6) is 0 Å². The molecule has 0 spiro atoms. The molecule has 0 amide bonds. The van der Waals surface area contributed by atoms with E-state index >= 15 is 0 Å². The number of rotatable bonds is 5. The average molecular weight is 240 g/mol. The van der Waals surface area contributed by atoms with Crippen LogP contribution >= 0.6 is 25.3 Å². The molecule has 0 aromatic heterocycles. The lowest BCUT2D eigenvalue weighted by atomic mass is 9.95. The van der Waals surface area contributed by atoms with E-state index in [0.29, 0.717) is 5.92 Å². The summed E-state index contributed by atoms with van der Waals surface area (Å²) < 4.78 is 0. The summed E-state index contributed by atoms with van der Waals surface area (Å²) >= 11 is 8.72. The van der Waals surface area contributed by atoms with Crippen molar-refractivity contribution in [1.29, 1.82) is 0 Å². The Morgan fingerprint density at radius 3 is 2.47 bits per heavy atom. The highest BCUT2D eigenvalue weighted by molar-refractivity contribution is 7.83. The lowest BCUT2D eigenvalue weighted by molar-refractivity contribution is 0.597. The van der Waals surface area contributed by atoms with E-state index in [1.165, 1.54) is 31.2 Å². The van der Waals surface area contributed by atoms with Crippen LogP contribution in [-0.2, 0) is 0 Å². The lowest BCUT2D eigenvalue weighted by Gasteiger charge is -2.12. The Hall–Kier alpha value is -0.0800. The van der Waals surface area contributed by atoms with Crippen LogP contribution in [-0.4, -0.2) is 0 Å². The molecule has 0 N–H and O–H groups in total. The fourth-order valence-electron chi connectivity index (χ4n) is 1.71. The maximum atomic E-state index is 4.40. The first-order valence-corrected chi connectivity index (χ1v) is 6.56. The van der Waals surface area contributed by atoms with Gasteiger partial charge in [-0.15, -0.1) is 25.3 Å². The van der Waals surface area contributed by atoms with Crippen LogP contribution in [0.1, 0.15) is 51.0 Å². The Balaban J connectivity index is 2.57. The summed E-state index contributed by atoms with van der Waals surface area (Å²) in [4.78, 5) is 1.95. The molecule has 84 valence electrons. The van der Waals surface area contributed by atoms with Crippen molar-refractivity contribution in [3.05, 3.63) is 23.8 Å². The van der Waals surface area contributed by atoms with E-state index in [1.807, 2.05) is 6.07 Å². The summed E-state index contributed by atoms with van der Waals surface area (Å²) in [6.07, 6.45) is 5.22. The van der Waals surface area contributed by atoms with Crippen molar-refractivity contribution in [3.8, 4) is 0 Å². The first kappa shape index (κ1) is 13.0. The molecule has 0 fully saturated rings. The molecule has 0 nitrogen and oxygen atoms in total. The van der Waals surface area contributed by atoms with Gasteiger partial charge in [-0.2, -0.15) is 0 Å². The summed E-state index contributed by atoms with van der Waals surface area (Å²) in [7, 11) is 0. The van der Waals surface area contributed by atoms with E-state index in [0.717, 1.165) is 9.79 Å². The standard InChI is InChI=1S/C13H20S2/c1-3-4-5-6-10(2)11-7-8-12(14)13(15)9-11/h7-10,14-15H,3-6H2,1-2H3. The first-order valence-electron chi connectivity index (χ1n) is 5.67. The van der Waals surface area contributed by atoms with Crippen molar-refractivity contribution in [3.63, 3.8) is 0 Å². The molecule has 0 heterocycles. The van der Waals surface area contributed by atoms with Crippen LogP contribution in [0.3, 0.4) is 0 Å². The minimum Gasteiger partial charge on any atom is -0.142 e. The molecule has 0 aliphatic carbocycles. The SMILES string of the molecule is CCCCCC(C)c1ccc(S)c(S)c1. The van der Waals surface area contributed by atoms with Crippen LogP contribution in [0, 0.1) is 0 Å². The maximum absolute atomic E-state index is 4.40. The van der Waals surface area contributed by atoms with E-state index in [-0.39, 0.29) is 0 Å². The molecule has 1 rings (SSSR count). The number of unbranched alkanes of at least 4 members (excludes halogenated alkanes) is 2. The zero-order valence-electron chi connectivity index (χ0n) is 9.53.